The van der Waals surface area contributed by atoms with Gasteiger partial charge in [0, 0.05) is 12.6 Å². The molecule has 1 aromatic carbocycles. The number of anilines is 2. The minimum absolute atomic E-state index is 0.193. The Labute approximate surface area is 130 Å². The van der Waals surface area contributed by atoms with Crippen LogP contribution in [0.2, 0.25) is 5.28 Å². The first kappa shape index (κ1) is 15.5. The summed E-state index contributed by atoms with van der Waals surface area (Å²) in [7, 11) is 0. The second-order valence-electron chi connectivity index (χ2n) is 4.91. The summed E-state index contributed by atoms with van der Waals surface area (Å²) >= 11 is 5.93. The van der Waals surface area contributed by atoms with Crippen molar-refractivity contribution in [2.24, 2.45) is 0 Å². The van der Waals surface area contributed by atoms with Crippen LogP contribution >= 0.6 is 11.6 Å². The molecule has 0 fully saturated rings. The highest BCUT2D eigenvalue weighted by atomic mass is 35.5. The van der Waals surface area contributed by atoms with E-state index in [1.165, 1.54) is 5.56 Å². The highest BCUT2D eigenvalue weighted by Gasteiger charge is 2.08. The van der Waals surface area contributed by atoms with Gasteiger partial charge in [0.15, 0.2) is 0 Å². The van der Waals surface area contributed by atoms with Gasteiger partial charge >= 0.3 is 0 Å². The van der Waals surface area contributed by atoms with Gasteiger partial charge in [-0.1, -0.05) is 37.3 Å². The summed E-state index contributed by atoms with van der Waals surface area (Å²) in [6.07, 6.45) is 1.89. The van der Waals surface area contributed by atoms with Gasteiger partial charge in [0.25, 0.3) is 0 Å². The molecule has 0 saturated heterocycles. The van der Waals surface area contributed by atoms with E-state index in [-0.39, 0.29) is 11.3 Å². The molecule has 2 rings (SSSR count). The van der Waals surface area contributed by atoms with E-state index in [4.69, 9.17) is 11.6 Å². The molecule has 5 nitrogen and oxygen atoms in total. The van der Waals surface area contributed by atoms with Crippen molar-refractivity contribution in [3.8, 4) is 0 Å². The van der Waals surface area contributed by atoms with Gasteiger partial charge in [-0.25, -0.2) is 0 Å². The van der Waals surface area contributed by atoms with Crippen LogP contribution in [-0.2, 0) is 6.42 Å². The van der Waals surface area contributed by atoms with E-state index in [1.54, 1.807) is 0 Å². The summed E-state index contributed by atoms with van der Waals surface area (Å²) < 4.78 is 0. The third-order valence-electron chi connectivity index (χ3n) is 2.90. The second kappa shape index (κ2) is 7.78. The van der Waals surface area contributed by atoms with Crippen molar-refractivity contribution < 1.29 is 0 Å². The highest BCUT2D eigenvalue weighted by molar-refractivity contribution is 6.28. The van der Waals surface area contributed by atoms with E-state index in [0.29, 0.717) is 11.9 Å². The van der Waals surface area contributed by atoms with Crippen LogP contribution in [0.5, 0.6) is 0 Å². The lowest BCUT2D eigenvalue weighted by molar-refractivity contribution is 0.774. The van der Waals surface area contributed by atoms with Crippen LogP contribution in [0.25, 0.3) is 0 Å². The Morgan fingerprint density at radius 2 is 1.81 bits per heavy atom. The fraction of sp³-hybridized carbons (Fsp3) is 0.400. The number of halogens is 1. The Bertz CT molecular complexity index is 561. The summed E-state index contributed by atoms with van der Waals surface area (Å²) in [5.41, 5.74) is 1.27. The maximum Gasteiger partial charge on any atom is 0.229 e. The largest absolute Gasteiger partial charge is 0.354 e. The number of hydrogen-bond donors (Lipinski definition) is 2. The van der Waals surface area contributed by atoms with Crippen LogP contribution < -0.4 is 10.6 Å². The van der Waals surface area contributed by atoms with Gasteiger partial charge in [-0.2, -0.15) is 15.0 Å². The molecular weight excluding hydrogens is 286 g/mol. The van der Waals surface area contributed by atoms with E-state index in [2.05, 4.69) is 51.6 Å². The predicted molar refractivity (Wildman–Crippen MR) is 86.8 cm³/mol. The molecule has 1 aromatic heterocycles. The molecule has 2 N–H and O–H groups in total. The number of nitrogens with one attached hydrogen (secondary N) is 2. The lowest BCUT2D eigenvalue weighted by Gasteiger charge is -2.14. The molecule has 0 saturated carbocycles. The van der Waals surface area contributed by atoms with Crippen LogP contribution in [-0.4, -0.2) is 27.5 Å². The molecule has 0 bridgehead atoms. The Balaban J connectivity index is 1.99. The van der Waals surface area contributed by atoms with E-state index in [0.717, 1.165) is 19.4 Å². The zero-order chi connectivity index (χ0) is 15.1. The zero-order valence-electron chi connectivity index (χ0n) is 12.3. The van der Waals surface area contributed by atoms with Crippen molar-refractivity contribution in [3.63, 3.8) is 0 Å². The number of benzene rings is 1. The van der Waals surface area contributed by atoms with Gasteiger partial charge < -0.3 is 10.6 Å². The number of hydrogen-bond acceptors (Lipinski definition) is 5. The number of rotatable bonds is 7. The number of aromatic nitrogens is 3. The molecule has 1 heterocycles. The van der Waals surface area contributed by atoms with Crippen LogP contribution in [0.15, 0.2) is 30.3 Å². The average molecular weight is 306 g/mol. The summed E-state index contributed by atoms with van der Waals surface area (Å²) in [5.74, 6) is 1.00. The molecule has 0 spiro atoms. The molecule has 2 aromatic rings. The fourth-order valence-electron chi connectivity index (χ4n) is 1.97. The van der Waals surface area contributed by atoms with Crippen LogP contribution in [0.1, 0.15) is 25.8 Å². The molecular formula is C15H20ClN5. The third kappa shape index (κ3) is 5.19. The minimum Gasteiger partial charge on any atom is -0.354 e. The van der Waals surface area contributed by atoms with Crippen LogP contribution in [0.3, 0.4) is 0 Å². The Kier molecular flexibility index (Phi) is 5.75. The molecule has 21 heavy (non-hydrogen) atoms. The highest BCUT2D eigenvalue weighted by Crippen LogP contribution is 2.12. The first-order valence-corrected chi connectivity index (χ1v) is 7.51. The fourth-order valence-corrected chi connectivity index (χ4v) is 2.13. The first-order valence-electron chi connectivity index (χ1n) is 7.13. The maximum absolute atomic E-state index is 5.93. The van der Waals surface area contributed by atoms with Gasteiger partial charge in [-0.15, -0.1) is 0 Å². The Morgan fingerprint density at radius 3 is 2.52 bits per heavy atom. The van der Waals surface area contributed by atoms with Crippen molar-refractivity contribution in [2.45, 2.75) is 32.7 Å². The quantitative estimate of drug-likeness (QED) is 0.821. The smallest absolute Gasteiger partial charge is 0.229 e. The lowest BCUT2D eigenvalue weighted by Crippen LogP contribution is -2.20. The zero-order valence-corrected chi connectivity index (χ0v) is 13.1. The van der Waals surface area contributed by atoms with Gasteiger partial charge in [-0.3, -0.25) is 0 Å². The van der Waals surface area contributed by atoms with Gasteiger partial charge in [0.05, 0.1) is 0 Å². The lowest BCUT2D eigenvalue weighted by atomic mass is 10.1. The second-order valence-corrected chi connectivity index (χ2v) is 5.25. The van der Waals surface area contributed by atoms with E-state index in [1.807, 2.05) is 18.2 Å². The maximum atomic E-state index is 5.93. The minimum atomic E-state index is 0.193. The molecule has 0 aliphatic rings. The van der Waals surface area contributed by atoms with Gasteiger partial charge in [0.2, 0.25) is 17.2 Å². The van der Waals surface area contributed by atoms with Crippen molar-refractivity contribution in [2.75, 3.05) is 17.2 Å². The van der Waals surface area contributed by atoms with Crippen molar-refractivity contribution >= 4 is 23.5 Å². The molecule has 6 heteroatoms. The summed E-state index contributed by atoms with van der Waals surface area (Å²) in [5, 5.41) is 6.57. The normalized spacial score (nSPS) is 12.0. The third-order valence-corrected chi connectivity index (χ3v) is 3.07. The molecule has 0 radical (unpaired) electrons. The van der Waals surface area contributed by atoms with Crippen molar-refractivity contribution in [1.29, 1.82) is 0 Å². The van der Waals surface area contributed by atoms with Gasteiger partial charge in [-0.05, 0) is 36.9 Å². The standard InChI is InChI=1S/C15H20ClN5/c1-3-9-17-14-19-13(16)20-15(21-14)18-11(2)10-12-7-5-4-6-8-12/h4-8,11H,3,9-10H2,1-2H3,(H2,17,18,19,20,21). The SMILES string of the molecule is CCCNc1nc(Cl)nc(NC(C)Cc2ccccc2)n1. The molecule has 0 amide bonds. The topological polar surface area (TPSA) is 62.7 Å². The van der Waals surface area contributed by atoms with Crippen LogP contribution in [0.4, 0.5) is 11.9 Å². The van der Waals surface area contributed by atoms with Crippen molar-refractivity contribution in [1.82, 2.24) is 15.0 Å². The summed E-state index contributed by atoms with van der Waals surface area (Å²) in [6, 6.07) is 10.5. The molecule has 0 aliphatic carbocycles. The Hall–Kier alpha value is -1.88. The molecule has 1 atom stereocenters. The van der Waals surface area contributed by atoms with E-state index >= 15 is 0 Å². The molecule has 0 aliphatic heterocycles. The summed E-state index contributed by atoms with van der Waals surface area (Å²) in [6.45, 7) is 4.97. The first-order chi connectivity index (χ1) is 10.2. The Morgan fingerprint density at radius 1 is 1.10 bits per heavy atom. The molecule has 112 valence electrons. The average Bonchev–Trinajstić information content (AvgIpc) is 2.45. The monoisotopic (exact) mass is 305 g/mol. The van der Waals surface area contributed by atoms with E-state index < -0.39 is 0 Å². The molecule has 1 unspecified atom stereocenters. The van der Waals surface area contributed by atoms with E-state index in [9.17, 15) is 0 Å². The number of nitrogens with zero attached hydrogens (tertiary/aromatic N) is 3. The predicted octanol–water partition coefficient (Wildman–Crippen LogP) is 3.39. The van der Waals surface area contributed by atoms with Crippen molar-refractivity contribution in [3.05, 3.63) is 41.2 Å². The van der Waals surface area contributed by atoms with Crippen LogP contribution in [0, 0.1) is 0 Å². The summed E-state index contributed by atoms with van der Waals surface area (Å²) in [4.78, 5) is 12.5. The van der Waals surface area contributed by atoms with Gasteiger partial charge in [0.1, 0.15) is 0 Å².